The van der Waals surface area contributed by atoms with Crippen molar-refractivity contribution in [1.29, 1.82) is 0 Å². The summed E-state index contributed by atoms with van der Waals surface area (Å²) in [6.07, 6.45) is 2.84. The first kappa shape index (κ1) is 14.6. The molecule has 0 saturated carbocycles. The van der Waals surface area contributed by atoms with Crippen molar-refractivity contribution in [1.82, 2.24) is 9.55 Å². The van der Waals surface area contributed by atoms with Gasteiger partial charge in [0, 0.05) is 6.20 Å². The SMILES string of the molecule is COC(=O)c1ccc(Cn2cncc(I)c2=O)cc1F. The maximum absolute atomic E-state index is 13.8. The zero-order chi connectivity index (χ0) is 14.7. The molecule has 104 valence electrons. The van der Waals surface area contributed by atoms with Gasteiger partial charge in [-0.05, 0) is 40.3 Å². The van der Waals surface area contributed by atoms with Crippen LogP contribution in [0.15, 0.2) is 35.5 Å². The molecule has 20 heavy (non-hydrogen) atoms. The molecule has 0 amide bonds. The van der Waals surface area contributed by atoms with Gasteiger partial charge in [0.25, 0.3) is 5.56 Å². The summed E-state index contributed by atoms with van der Waals surface area (Å²) in [6.45, 7) is 0.182. The molecule has 0 aliphatic rings. The number of hydrogen-bond acceptors (Lipinski definition) is 4. The molecule has 0 spiro atoms. The van der Waals surface area contributed by atoms with E-state index < -0.39 is 11.8 Å². The first-order valence-corrected chi connectivity index (χ1v) is 6.67. The van der Waals surface area contributed by atoms with Gasteiger partial charge in [-0.25, -0.2) is 14.2 Å². The Morgan fingerprint density at radius 2 is 2.25 bits per heavy atom. The molecule has 1 aromatic heterocycles. The minimum atomic E-state index is -0.734. The largest absolute Gasteiger partial charge is 0.465 e. The van der Waals surface area contributed by atoms with E-state index in [9.17, 15) is 14.0 Å². The molecule has 2 aromatic rings. The van der Waals surface area contributed by atoms with Crippen molar-refractivity contribution < 1.29 is 13.9 Å². The lowest BCUT2D eigenvalue weighted by Crippen LogP contribution is -2.23. The predicted octanol–water partition coefficient (Wildman–Crippen LogP) is 1.82. The van der Waals surface area contributed by atoms with Gasteiger partial charge in [-0.15, -0.1) is 0 Å². The third kappa shape index (κ3) is 3.03. The van der Waals surface area contributed by atoms with E-state index in [2.05, 4.69) is 9.72 Å². The highest BCUT2D eigenvalue weighted by atomic mass is 127. The Kier molecular flexibility index (Phi) is 4.48. The Bertz CT molecular complexity index is 715. The molecule has 0 atom stereocenters. The molecule has 0 unspecified atom stereocenters. The number of ether oxygens (including phenoxy) is 1. The molecule has 0 aliphatic carbocycles. The van der Waals surface area contributed by atoms with Crippen LogP contribution >= 0.6 is 22.6 Å². The lowest BCUT2D eigenvalue weighted by Gasteiger charge is -2.07. The Labute approximate surface area is 127 Å². The van der Waals surface area contributed by atoms with Crippen molar-refractivity contribution in [3.63, 3.8) is 0 Å². The minimum Gasteiger partial charge on any atom is -0.465 e. The fourth-order valence-corrected chi connectivity index (χ4v) is 2.14. The van der Waals surface area contributed by atoms with Gasteiger partial charge in [0.2, 0.25) is 0 Å². The number of nitrogens with zero attached hydrogens (tertiary/aromatic N) is 2. The molecule has 0 bridgehead atoms. The molecule has 0 saturated heterocycles. The summed E-state index contributed by atoms with van der Waals surface area (Å²) in [5.74, 6) is -1.41. The lowest BCUT2D eigenvalue weighted by atomic mass is 10.1. The maximum atomic E-state index is 13.8. The van der Waals surface area contributed by atoms with E-state index in [4.69, 9.17) is 0 Å². The van der Waals surface area contributed by atoms with Crippen LogP contribution in [0.4, 0.5) is 4.39 Å². The van der Waals surface area contributed by atoms with Crippen molar-refractivity contribution in [3.05, 3.63) is 61.6 Å². The average Bonchev–Trinajstić information content (AvgIpc) is 2.43. The standard InChI is InChI=1S/C13H10FIN2O3/c1-20-13(19)9-3-2-8(4-10(9)14)6-17-7-16-5-11(15)12(17)18/h2-5,7H,6H2,1H3. The van der Waals surface area contributed by atoms with E-state index in [0.29, 0.717) is 9.13 Å². The topological polar surface area (TPSA) is 61.2 Å². The Balaban J connectivity index is 2.31. The minimum absolute atomic E-state index is 0.135. The summed E-state index contributed by atoms with van der Waals surface area (Å²) in [7, 11) is 1.19. The van der Waals surface area contributed by atoms with Crippen molar-refractivity contribution in [2.75, 3.05) is 7.11 Å². The third-order valence-corrected chi connectivity index (χ3v) is 3.39. The molecule has 0 N–H and O–H groups in total. The normalized spacial score (nSPS) is 10.3. The van der Waals surface area contributed by atoms with Crippen LogP contribution in [0, 0.1) is 9.39 Å². The van der Waals surface area contributed by atoms with E-state index >= 15 is 0 Å². The van der Waals surface area contributed by atoms with Crippen molar-refractivity contribution >= 4 is 28.6 Å². The van der Waals surface area contributed by atoms with Crippen molar-refractivity contribution in [2.24, 2.45) is 0 Å². The first-order valence-electron chi connectivity index (χ1n) is 5.59. The van der Waals surface area contributed by atoms with Crippen LogP contribution in [-0.4, -0.2) is 22.6 Å². The van der Waals surface area contributed by atoms with Gasteiger partial charge in [0.05, 0.1) is 29.1 Å². The Hall–Kier alpha value is -1.77. The summed E-state index contributed by atoms with van der Waals surface area (Å²) < 4.78 is 20.1. The van der Waals surface area contributed by atoms with Crippen LogP contribution in [-0.2, 0) is 11.3 Å². The van der Waals surface area contributed by atoms with Gasteiger partial charge in [0.15, 0.2) is 0 Å². The number of hydrogen-bond donors (Lipinski definition) is 0. The highest BCUT2D eigenvalue weighted by molar-refractivity contribution is 14.1. The zero-order valence-electron chi connectivity index (χ0n) is 10.5. The smallest absolute Gasteiger partial charge is 0.340 e. The second kappa shape index (κ2) is 6.12. The number of rotatable bonds is 3. The van der Waals surface area contributed by atoms with Crippen molar-refractivity contribution in [2.45, 2.75) is 6.54 Å². The number of esters is 1. The number of methoxy groups -OCH3 is 1. The Morgan fingerprint density at radius 3 is 2.90 bits per heavy atom. The predicted molar refractivity (Wildman–Crippen MR) is 78.1 cm³/mol. The number of benzene rings is 1. The molecule has 0 radical (unpaired) electrons. The van der Waals surface area contributed by atoms with Crippen LogP contribution in [0.2, 0.25) is 0 Å². The summed E-state index contributed by atoms with van der Waals surface area (Å²) in [5, 5.41) is 0. The van der Waals surface area contributed by atoms with Crippen LogP contribution < -0.4 is 5.56 Å². The van der Waals surface area contributed by atoms with Gasteiger partial charge >= 0.3 is 5.97 Å². The van der Waals surface area contributed by atoms with E-state index in [1.165, 1.54) is 36.3 Å². The van der Waals surface area contributed by atoms with Crippen LogP contribution in [0.5, 0.6) is 0 Å². The van der Waals surface area contributed by atoms with E-state index in [1.54, 1.807) is 6.07 Å². The van der Waals surface area contributed by atoms with Gasteiger partial charge in [-0.1, -0.05) is 6.07 Å². The number of carbonyl (C=O) groups excluding carboxylic acids is 1. The number of carbonyl (C=O) groups is 1. The first-order chi connectivity index (χ1) is 9.52. The number of halogens is 2. The quantitative estimate of drug-likeness (QED) is 0.595. The lowest BCUT2D eigenvalue weighted by molar-refractivity contribution is 0.0595. The van der Waals surface area contributed by atoms with Gasteiger partial charge in [0.1, 0.15) is 5.82 Å². The zero-order valence-corrected chi connectivity index (χ0v) is 12.6. The fraction of sp³-hybridized carbons (Fsp3) is 0.154. The van der Waals surface area contributed by atoms with Crippen LogP contribution in [0.1, 0.15) is 15.9 Å². The molecular weight excluding hydrogens is 378 g/mol. The molecule has 2 rings (SSSR count). The van der Waals surface area contributed by atoms with Crippen LogP contribution in [0.3, 0.4) is 0 Å². The highest BCUT2D eigenvalue weighted by Crippen LogP contribution is 2.12. The molecule has 1 heterocycles. The third-order valence-electron chi connectivity index (χ3n) is 2.65. The summed E-state index contributed by atoms with van der Waals surface area (Å²) in [5.41, 5.74) is 0.225. The molecule has 7 heteroatoms. The van der Waals surface area contributed by atoms with Crippen molar-refractivity contribution in [3.8, 4) is 0 Å². The second-order valence-electron chi connectivity index (χ2n) is 3.98. The summed E-state index contributed by atoms with van der Waals surface area (Å²) >= 11 is 1.89. The van der Waals surface area contributed by atoms with E-state index in [0.717, 1.165) is 0 Å². The molecule has 5 nitrogen and oxygen atoms in total. The maximum Gasteiger partial charge on any atom is 0.340 e. The fourth-order valence-electron chi connectivity index (χ4n) is 1.67. The van der Waals surface area contributed by atoms with Gasteiger partial charge in [-0.2, -0.15) is 0 Å². The number of aromatic nitrogens is 2. The van der Waals surface area contributed by atoms with Gasteiger partial charge in [-0.3, -0.25) is 9.36 Å². The summed E-state index contributed by atoms with van der Waals surface area (Å²) in [4.78, 5) is 27.0. The van der Waals surface area contributed by atoms with E-state index in [-0.39, 0.29) is 17.7 Å². The molecule has 0 fully saturated rings. The molecular formula is C13H10FIN2O3. The average molecular weight is 388 g/mol. The molecule has 1 aromatic carbocycles. The van der Waals surface area contributed by atoms with Crippen LogP contribution in [0.25, 0.3) is 0 Å². The van der Waals surface area contributed by atoms with Gasteiger partial charge < -0.3 is 4.74 Å². The highest BCUT2D eigenvalue weighted by Gasteiger charge is 2.12. The second-order valence-corrected chi connectivity index (χ2v) is 5.14. The molecule has 0 aliphatic heterocycles. The van der Waals surface area contributed by atoms with E-state index in [1.807, 2.05) is 22.6 Å². The Morgan fingerprint density at radius 1 is 1.50 bits per heavy atom. The summed E-state index contributed by atoms with van der Waals surface area (Å²) in [6, 6.07) is 4.11. The monoisotopic (exact) mass is 388 g/mol.